The van der Waals surface area contributed by atoms with Gasteiger partial charge in [-0.25, -0.2) is 8.78 Å². The number of amides is 1. The van der Waals surface area contributed by atoms with Gasteiger partial charge in [0.05, 0.1) is 5.75 Å². The smallest absolute Gasteiger partial charge is 0.234 e. The SMILES string of the molecule is CCN(CC)C(=S)SCC(=O)Nc1c(F)cccc1F. The van der Waals surface area contributed by atoms with Crippen LogP contribution in [-0.2, 0) is 4.79 Å². The van der Waals surface area contributed by atoms with E-state index in [-0.39, 0.29) is 5.75 Å². The number of benzene rings is 1. The normalized spacial score (nSPS) is 10.2. The summed E-state index contributed by atoms with van der Waals surface area (Å²) in [7, 11) is 0. The fraction of sp³-hybridized carbons (Fsp3) is 0.385. The van der Waals surface area contributed by atoms with Gasteiger partial charge in [0, 0.05) is 13.1 Å². The summed E-state index contributed by atoms with van der Waals surface area (Å²) < 4.78 is 27.3. The second-order valence-corrected chi connectivity index (χ2v) is 5.48. The molecule has 0 aromatic heterocycles. The average molecular weight is 318 g/mol. The zero-order valence-electron chi connectivity index (χ0n) is 11.3. The van der Waals surface area contributed by atoms with Gasteiger partial charge in [0.1, 0.15) is 21.6 Å². The first-order valence-electron chi connectivity index (χ1n) is 6.15. The number of carbonyl (C=O) groups excluding carboxylic acids is 1. The number of hydrogen-bond donors (Lipinski definition) is 1. The Bertz CT molecular complexity index is 473. The van der Waals surface area contributed by atoms with Crippen molar-refractivity contribution in [2.45, 2.75) is 13.8 Å². The number of hydrogen-bond acceptors (Lipinski definition) is 3. The Morgan fingerprint density at radius 3 is 2.35 bits per heavy atom. The summed E-state index contributed by atoms with van der Waals surface area (Å²) in [6.45, 7) is 5.44. The van der Waals surface area contributed by atoms with Crippen molar-refractivity contribution in [3.8, 4) is 0 Å². The van der Waals surface area contributed by atoms with Gasteiger partial charge in [-0.1, -0.05) is 30.0 Å². The molecule has 0 aliphatic heterocycles. The molecule has 0 aliphatic carbocycles. The first-order chi connectivity index (χ1) is 9.49. The molecular formula is C13H16F2N2OS2. The average Bonchev–Trinajstić information content (AvgIpc) is 2.42. The molecule has 1 amide bonds. The fourth-order valence-electron chi connectivity index (χ4n) is 1.49. The summed E-state index contributed by atoms with van der Waals surface area (Å²) in [5.41, 5.74) is -0.424. The van der Waals surface area contributed by atoms with Crippen LogP contribution >= 0.6 is 24.0 Å². The van der Waals surface area contributed by atoms with Gasteiger partial charge in [0.25, 0.3) is 0 Å². The number of para-hydroxylation sites is 1. The molecule has 3 nitrogen and oxygen atoms in total. The van der Waals surface area contributed by atoms with Crippen LogP contribution in [0.5, 0.6) is 0 Å². The summed E-state index contributed by atoms with van der Waals surface area (Å²) >= 11 is 6.34. The molecule has 1 aromatic carbocycles. The van der Waals surface area contributed by atoms with Gasteiger partial charge in [0.2, 0.25) is 5.91 Å². The molecule has 0 heterocycles. The molecule has 20 heavy (non-hydrogen) atoms. The number of anilines is 1. The van der Waals surface area contributed by atoms with Crippen LogP contribution in [0, 0.1) is 11.6 Å². The van der Waals surface area contributed by atoms with Crippen molar-refractivity contribution in [3.05, 3.63) is 29.8 Å². The predicted molar refractivity (Wildman–Crippen MR) is 83.0 cm³/mol. The zero-order chi connectivity index (χ0) is 15.1. The summed E-state index contributed by atoms with van der Waals surface area (Å²) in [5, 5.41) is 2.22. The molecule has 0 spiro atoms. The lowest BCUT2D eigenvalue weighted by atomic mass is 10.3. The molecule has 0 radical (unpaired) electrons. The third-order valence-corrected chi connectivity index (χ3v) is 4.10. The standard InChI is InChI=1S/C13H16F2N2OS2/c1-3-17(4-2)13(19)20-8-11(18)16-12-9(14)6-5-7-10(12)15/h5-7H,3-4,8H2,1-2H3,(H,16,18). The van der Waals surface area contributed by atoms with Crippen molar-refractivity contribution in [2.75, 3.05) is 24.2 Å². The van der Waals surface area contributed by atoms with E-state index in [1.165, 1.54) is 17.8 Å². The van der Waals surface area contributed by atoms with Crippen molar-refractivity contribution in [3.63, 3.8) is 0 Å². The predicted octanol–water partition coefficient (Wildman–Crippen LogP) is 3.26. The molecule has 0 fully saturated rings. The van der Waals surface area contributed by atoms with E-state index < -0.39 is 23.2 Å². The lowest BCUT2D eigenvalue weighted by Gasteiger charge is -2.20. The molecule has 0 unspecified atom stereocenters. The van der Waals surface area contributed by atoms with Crippen molar-refractivity contribution in [1.82, 2.24) is 4.90 Å². The number of nitrogens with one attached hydrogen (secondary N) is 1. The number of rotatable bonds is 5. The Morgan fingerprint density at radius 1 is 1.30 bits per heavy atom. The maximum Gasteiger partial charge on any atom is 0.234 e. The monoisotopic (exact) mass is 318 g/mol. The molecule has 1 N–H and O–H groups in total. The molecule has 0 bridgehead atoms. The van der Waals surface area contributed by atoms with E-state index >= 15 is 0 Å². The largest absolute Gasteiger partial charge is 0.358 e. The number of halogens is 2. The van der Waals surface area contributed by atoms with Crippen LogP contribution in [0.3, 0.4) is 0 Å². The second kappa shape index (κ2) is 8.16. The van der Waals surface area contributed by atoms with E-state index in [2.05, 4.69) is 5.32 Å². The van der Waals surface area contributed by atoms with E-state index in [0.717, 1.165) is 25.2 Å². The van der Waals surface area contributed by atoms with E-state index in [1.54, 1.807) is 0 Å². The first-order valence-corrected chi connectivity index (χ1v) is 7.54. The van der Waals surface area contributed by atoms with Crippen molar-refractivity contribution in [2.24, 2.45) is 0 Å². The van der Waals surface area contributed by atoms with E-state index in [0.29, 0.717) is 4.32 Å². The lowest BCUT2D eigenvalue weighted by Crippen LogP contribution is -2.28. The maximum absolute atomic E-state index is 13.4. The molecule has 110 valence electrons. The van der Waals surface area contributed by atoms with Crippen LogP contribution in [0.4, 0.5) is 14.5 Å². The van der Waals surface area contributed by atoms with Crippen molar-refractivity contribution >= 4 is 39.9 Å². The quantitative estimate of drug-likeness (QED) is 0.845. The van der Waals surface area contributed by atoms with Gasteiger partial charge in [-0.3, -0.25) is 4.79 Å². The third kappa shape index (κ3) is 4.72. The van der Waals surface area contributed by atoms with E-state index in [1.807, 2.05) is 18.7 Å². The van der Waals surface area contributed by atoms with Crippen LogP contribution in [-0.4, -0.2) is 34.0 Å². The second-order valence-electron chi connectivity index (χ2n) is 3.87. The first kappa shape index (κ1) is 16.8. The topological polar surface area (TPSA) is 32.3 Å². The molecule has 1 rings (SSSR count). The van der Waals surface area contributed by atoms with Gasteiger partial charge < -0.3 is 10.2 Å². The van der Waals surface area contributed by atoms with Crippen LogP contribution in [0.15, 0.2) is 18.2 Å². The molecule has 0 saturated carbocycles. The molecule has 0 aliphatic rings. The Morgan fingerprint density at radius 2 is 1.85 bits per heavy atom. The minimum absolute atomic E-state index is 0.0170. The van der Waals surface area contributed by atoms with Crippen molar-refractivity contribution in [1.29, 1.82) is 0 Å². The highest BCUT2D eigenvalue weighted by Crippen LogP contribution is 2.18. The number of thioether (sulfide) groups is 1. The van der Waals surface area contributed by atoms with E-state index in [9.17, 15) is 13.6 Å². The van der Waals surface area contributed by atoms with E-state index in [4.69, 9.17) is 12.2 Å². The highest BCUT2D eigenvalue weighted by Gasteiger charge is 2.13. The van der Waals surface area contributed by atoms with Crippen LogP contribution in [0.2, 0.25) is 0 Å². The van der Waals surface area contributed by atoms with Gasteiger partial charge >= 0.3 is 0 Å². The highest BCUT2D eigenvalue weighted by molar-refractivity contribution is 8.23. The molecule has 1 aromatic rings. The fourth-order valence-corrected chi connectivity index (χ4v) is 2.70. The van der Waals surface area contributed by atoms with Crippen LogP contribution in [0.1, 0.15) is 13.8 Å². The van der Waals surface area contributed by atoms with Gasteiger partial charge in [-0.2, -0.15) is 0 Å². The molecule has 0 atom stereocenters. The van der Waals surface area contributed by atoms with Crippen LogP contribution in [0.25, 0.3) is 0 Å². The summed E-state index contributed by atoms with van der Waals surface area (Å²) in [5.74, 6) is -2.07. The summed E-state index contributed by atoms with van der Waals surface area (Å²) in [6.07, 6.45) is 0. The van der Waals surface area contributed by atoms with Gasteiger partial charge in [-0.05, 0) is 26.0 Å². The van der Waals surface area contributed by atoms with Crippen molar-refractivity contribution < 1.29 is 13.6 Å². The molecular weight excluding hydrogens is 302 g/mol. The van der Waals surface area contributed by atoms with Crippen LogP contribution < -0.4 is 5.32 Å². The molecule has 0 saturated heterocycles. The Kier molecular flexibility index (Phi) is 6.87. The summed E-state index contributed by atoms with van der Waals surface area (Å²) in [6, 6.07) is 3.42. The third-order valence-electron chi connectivity index (χ3n) is 2.58. The number of carbonyl (C=O) groups is 1. The minimum atomic E-state index is -0.797. The summed E-state index contributed by atoms with van der Waals surface area (Å²) in [4.78, 5) is 13.6. The minimum Gasteiger partial charge on any atom is -0.358 e. The van der Waals surface area contributed by atoms with Gasteiger partial charge in [0.15, 0.2) is 0 Å². The Balaban J connectivity index is 2.55. The zero-order valence-corrected chi connectivity index (χ0v) is 12.9. The Labute approximate surface area is 126 Å². The lowest BCUT2D eigenvalue weighted by molar-refractivity contribution is -0.113. The Hall–Kier alpha value is -1.21. The number of nitrogens with zero attached hydrogens (tertiary/aromatic N) is 1. The number of thiocarbonyl (C=S) groups is 1. The maximum atomic E-state index is 13.4. The molecule has 7 heteroatoms. The van der Waals surface area contributed by atoms with Gasteiger partial charge in [-0.15, -0.1) is 0 Å². The highest BCUT2D eigenvalue weighted by atomic mass is 32.2.